The lowest BCUT2D eigenvalue weighted by molar-refractivity contribution is -0.132. The monoisotopic (exact) mass is 413 g/mol. The quantitative estimate of drug-likeness (QED) is 0.356. The number of carbonyl (C=O) groups is 1. The highest BCUT2D eigenvalue weighted by Gasteiger charge is 2.43. The average Bonchev–Trinajstić information content (AvgIpc) is 3.20. The van der Waals surface area contributed by atoms with Crippen molar-refractivity contribution in [1.29, 1.82) is 0 Å². The van der Waals surface area contributed by atoms with E-state index in [1.807, 2.05) is 47.4 Å². The maximum absolute atomic E-state index is 12.9. The predicted octanol–water partition coefficient (Wildman–Crippen LogP) is 6.34. The molecule has 1 heterocycles. The van der Waals surface area contributed by atoms with Gasteiger partial charge in [0.05, 0.1) is 12.3 Å². The third-order valence-electron chi connectivity index (χ3n) is 5.87. The number of rotatable bonds is 9. The smallest absolute Gasteiger partial charge is 0.246 e. The number of amides is 1. The van der Waals surface area contributed by atoms with Crippen LogP contribution >= 0.6 is 0 Å². The first kappa shape index (κ1) is 23.2. The predicted molar refractivity (Wildman–Crippen MR) is 121 cm³/mol. The van der Waals surface area contributed by atoms with Crippen LogP contribution in [0.2, 0.25) is 18.1 Å². The molecule has 0 saturated carbocycles. The van der Waals surface area contributed by atoms with E-state index in [4.69, 9.17) is 8.84 Å². The summed E-state index contributed by atoms with van der Waals surface area (Å²) in [6.07, 6.45) is 3.47. The molecule has 158 valence electrons. The minimum Gasteiger partial charge on any atom is -0.467 e. The van der Waals surface area contributed by atoms with Gasteiger partial charge in [0.25, 0.3) is 0 Å². The molecular weight excluding hydrogens is 378 g/mol. The van der Waals surface area contributed by atoms with Crippen molar-refractivity contribution in [3.8, 4) is 0 Å². The van der Waals surface area contributed by atoms with Gasteiger partial charge >= 0.3 is 0 Å². The Morgan fingerprint density at radius 2 is 1.86 bits per heavy atom. The van der Waals surface area contributed by atoms with Gasteiger partial charge in [-0.3, -0.25) is 4.79 Å². The second kappa shape index (κ2) is 9.59. The van der Waals surface area contributed by atoms with Gasteiger partial charge in [-0.15, -0.1) is 0 Å². The van der Waals surface area contributed by atoms with Crippen LogP contribution in [0.25, 0.3) is 0 Å². The summed E-state index contributed by atoms with van der Waals surface area (Å²) in [4.78, 5) is 14.8. The Hall–Kier alpha value is -2.11. The lowest BCUT2D eigenvalue weighted by Crippen LogP contribution is -2.49. The fourth-order valence-electron chi connectivity index (χ4n) is 3.13. The minimum absolute atomic E-state index is 0.0445. The molecule has 1 aromatic carbocycles. The summed E-state index contributed by atoms with van der Waals surface area (Å²) in [5.41, 5.74) is 1.08. The van der Waals surface area contributed by atoms with Gasteiger partial charge in [-0.1, -0.05) is 64.6 Å². The molecule has 0 fully saturated rings. The van der Waals surface area contributed by atoms with Crippen molar-refractivity contribution in [2.45, 2.75) is 70.9 Å². The second-order valence-electron chi connectivity index (χ2n) is 8.95. The van der Waals surface area contributed by atoms with Crippen molar-refractivity contribution in [3.63, 3.8) is 0 Å². The summed E-state index contributed by atoms with van der Waals surface area (Å²) in [5, 5.41) is 0.0445. The molecule has 5 heteroatoms. The summed E-state index contributed by atoms with van der Waals surface area (Å²) in [6.45, 7) is 17.4. The van der Waals surface area contributed by atoms with Gasteiger partial charge in [0.2, 0.25) is 5.91 Å². The van der Waals surface area contributed by atoms with E-state index in [0.29, 0.717) is 6.54 Å². The SMILES string of the molecule is C=CC(=O)N(Cc1ccccc1)[C@@H](CC)[C@H](O[Si](C)(C)C(C)(C)C)c1ccco1. The minimum atomic E-state index is -2.11. The summed E-state index contributed by atoms with van der Waals surface area (Å²) in [6, 6.07) is 13.7. The Morgan fingerprint density at radius 3 is 2.34 bits per heavy atom. The molecular formula is C24H35NO3Si. The molecule has 0 aliphatic rings. The molecule has 0 bridgehead atoms. The Kier molecular flexibility index (Phi) is 7.66. The molecule has 0 aliphatic heterocycles. The van der Waals surface area contributed by atoms with Crippen LogP contribution in [0.15, 0.2) is 65.8 Å². The van der Waals surface area contributed by atoms with Crippen molar-refractivity contribution in [3.05, 3.63) is 72.7 Å². The average molecular weight is 414 g/mol. The molecule has 29 heavy (non-hydrogen) atoms. The van der Waals surface area contributed by atoms with E-state index >= 15 is 0 Å². The van der Waals surface area contributed by atoms with Crippen molar-refractivity contribution < 1.29 is 13.6 Å². The third kappa shape index (κ3) is 5.70. The molecule has 1 amide bonds. The summed E-state index contributed by atoms with van der Waals surface area (Å²) >= 11 is 0. The highest BCUT2D eigenvalue weighted by Crippen LogP contribution is 2.42. The molecule has 2 aromatic rings. The van der Waals surface area contributed by atoms with Crippen LogP contribution in [0.4, 0.5) is 0 Å². The van der Waals surface area contributed by atoms with Gasteiger partial charge in [-0.2, -0.15) is 0 Å². The molecule has 0 radical (unpaired) electrons. The second-order valence-corrected chi connectivity index (χ2v) is 13.7. The Labute approximate surface area is 176 Å². The zero-order valence-electron chi connectivity index (χ0n) is 18.6. The van der Waals surface area contributed by atoms with E-state index in [9.17, 15) is 4.79 Å². The zero-order chi connectivity index (χ0) is 21.7. The Morgan fingerprint density at radius 1 is 1.21 bits per heavy atom. The molecule has 0 saturated heterocycles. The normalized spacial score (nSPS) is 14.3. The van der Waals surface area contributed by atoms with Crippen LogP contribution in [0.5, 0.6) is 0 Å². The first-order valence-electron chi connectivity index (χ1n) is 10.3. The first-order valence-corrected chi connectivity index (χ1v) is 13.2. The lowest BCUT2D eigenvalue weighted by Gasteiger charge is -2.43. The Balaban J connectivity index is 2.45. The van der Waals surface area contributed by atoms with E-state index in [1.165, 1.54) is 6.08 Å². The molecule has 2 atom stereocenters. The zero-order valence-corrected chi connectivity index (χ0v) is 19.6. The molecule has 1 aromatic heterocycles. The summed E-state index contributed by atoms with van der Waals surface area (Å²) < 4.78 is 12.6. The maximum atomic E-state index is 12.9. The van der Waals surface area contributed by atoms with Gasteiger partial charge in [0, 0.05) is 6.54 Å². The number of nitrogens with zero attached hydrogens (tertiary/aromatic N) is 1. The van der Waals surface area contributed by atoms with Crippen LogP contribution in [-0.2, 0) is 15.8 Å². The third-order valence-corrected chi connectivity index (χ3v) is 10.3. The lowest BCUT2D eigenvalue weighted by atomic mass is 10.0. The van der Waals surface area contributed by atoms with Gasteiger partial charge in [-0.25, -0.2) is 0 Å². The standard InChI is InChI=1S/C24H35NO3Si/c1-8-20(25(22(26)9-2)18-19-14-11-10-12-15-19)23(21-16-13-17-27-21)28-29(6,7)24(3,4)5/h9-17,20,23H,2,8,18H2,1,3-7H3/t20-,23-/m0/s1. The number of carbonyl (C=O) groups excluding carboxylic acids is 1. The van der Waals surface area contributed by atoms with Crippen LogP contribution in [0.1, 0.15) is 51.5 Å². The summed E-state index contributed by atoms with van der Waals surface area (Å²) in [7, 11) is -2.11. The van der Waals surface area contributed by atoms with Crippen LogP contribution in [0.3, 0.4) is 0 Å². The maximum Gasteiger partial charge on any atom is 0.246 e. The van der Waals surface area contributed by atoms with E-state index < -0.39 is 8.32 Å². The van der Waals surface area contributed by atoms with Crippen molar-refractivity contribution in [2.75, 3.05) is 0 Å². The van der Waals surface area contributed by atoms with Crippen molar-refractivity contribution in [2.24, 2.45) is 0 Å². The van der Waals surface area contributed by atoms with Crippen LogP contribution in [-0.4, -0.2) is 25.2 Å². The molecule has 0 unspecified atom stereocenters. The summed E-state index contributed by atoms with van der Waals surface area (Å²) in [5.74, 6) is 0.660. The highest BCUT2D eigenvalue weighted by molar-refractivity contribution is 6.74. The van der Waals surface area contributed by atoms with Gasteiger partial charge in [0.15, 0.2) is 8.32 Å². The van der Waals surface area contributed by atoms with Crippen LogP contribution in [0, 0.1) is 0 Å². The first-order chi connectivity index (χ1) is 13.6. The molecule has 0 N–H and O–H groups in total. The van der Waals surface area contributed by atoms with E-state index in [1.54, 1.807) is 6.26 Å². The number of hydrogen-bond donors (Lipinski definition) is 0. The van der Waals surface area contributed by atoms with Gasteiger partial charge in [-0.05, 0) is 48.3 Å². The van der Waals surface area contributed by atoms with Gasteiger partial charge < -0.3 is 13.7 Å². The fourth-order valence-corrected chi connectivity index (χ4v) is 4.39. The topological polar surface area (TPSA) is 42.7 Å². The molecule has 0 spiro atoms. The van der Waals surface area contributed by atoms with Crippen LogP contribution < -0.4 is 0 Å². The molecule has 2 rings (SSSR count). The fraction of sp³-hybridized carbons (Fsp3) is 0.458. The number of furan rings is 1. The van der Waals surface area contributed by atoms with E-state index in [-0.39, 0.29) is 23.1 Å². The number of benzene rings is 1. The highest BCUT2D eigenvalue weighted by atomic mass is 28.4. The molecule has 0 aliphatic carbocycles. The van der Waals surface area contributed by atoms with Crippen molar-refractivity contribution >= 4 is 14.2 Å². The van der Waals surface area contributed by atoms with Crippen molar-refractivity contribution in [1.82, 2.24) is 4.90 Å². The van der Waals surface area contributed by atoms with E-state index in [2.05, 4.69) is 47.4 Å². The molecule has 4 nitrogen and oxygen atoms in total. The van der Waals surface area contributed by atoms with Gasteiger partial charge in [0.1, 0.15) is 11.9 Å². The largest absolute Gasteiger partial charge is 0.467 e. The number of hydrogen-bond acceptors (Lipinski definition) is 3. The Bertz CT molecular complexity index is 778. The van der Waals surface area contributed by atoms with E-state index in [0.717, 1.165) is 17.7 Å².